The van der Waals surface area contributed by atoms with Gasteiger partial charge in [0.2, 0.25) is 0 Å². The van der Waals surface area contributed by atoms with Crippen molar-refractivity contribution in [1.29, 1.82) is 0 Å². The number of carbonyl (C=O) groups is 6. The molecule has 0 saturated heterocycles. The van der Waals surface area contributed by atoms with E-state index < -0.39 is 42.1 Å². The van der Waals surface area contributed by atoms with Gasteiger partial charge in [-0.05, 0) is 48.9 Å². The Labute approximate surface area is 210 Å². The summed E-state index contributed by atoms with van der Waals surface area (Å²) in [5, 5.41) is 9.59. The molecule has 3 aromatic rings. The number of imide groups is 2. The van der Waals surface area contributed by atoms with Gasteiger partial charge in [-0.3, -0.25) is 33.7 Å². The lowest BCUT2D eigenvalue weighted by Crippen LogP contribution is -2.47. The first-order valence-electron chi connectivity index (χ1n) is 11.5. The Hall–Kier alpha value is -4.86. The number of carboxylic acid groups (broad SMARTS) is 1. The molecule has 0 saturated carbocycles. The lowest BCUT2D eigenvalue weighted by Gasteiger charge is -2.34. The van der Waals surface area contributed by atoms with Crippen LogP contribution in [0.2, 0.25) is 0 Å². The summed E-state index contributed by atoms with van der Waals surface area (Å²) in [5.74, 6) is -3.69. The lowest BCUT2D eigenvalue weighted by molar-refractivity contribution is -0.137. The number of carbonyl (C=O) groups excluding carboxylic acids is 5. The van der Waals surface area contributed by atoms with Gasteiger partial charge in [-0.2, -0.15) is 0 Å². The van der Waals surface area contributed by atoms with Crippen LogP contribution in [-0.2, 0) is 20.7 Å². The molecular formula is C27H20N2O8. The smallest absolute Gasteiger partial charge is 0.305 e. The number of benzene rings is 3. The molecule has 1 atom stereocenters. The number of anilines is 1. The fourth-order valence-electron chi connectivity index (χ4n) is 4.91. The normalized spacial score (nSPS) is 15.3. The summed E-state index contributed by atoms with van der Waals surface area (Å²) < 4.78 is 4.70. The van der Waals surface area contributed by atoms with Crippen LogP contribution in [-0.4, -0.2) is 58.7 Å². The second kappa shape index (κ2) is 8.98. The Morgan fingerprint density at radius 2 is 1.32 bits per heavy atom. The van der Waals surface area contributed by atoms with E-state index in [1.165, 1.54) is 31.2 Å². The summed E-state index contributed by atoms with van der Waals surface area (Å²) in [6.07, 6.45) is 0.0553. The van der Waals surface area contributed by atoms with Crippen LogP contribution in [0.4, 0.5) is 5.69 Å². The summed E-state index contributed by atoms with van der Waals surface area (Å²) >= 11 is 0. The number of rotatable bonds is 8. The second-order valence-corrected chi connectivity index (χ2v) is 8.83. The van der Waals surface area contributed by atoms with E-state index in [0.29, 0.717) is 18.6 Å². The van der Waals surface area contributed by atoms with Crippen molar-refractivity contribution >= 4 is 52.5 Å². The molecular weight excluding hydrogens is 480 g/mol. The quantitative estimate of drug-likeness (QED) is 0.283. The molecule has 5 rings (SSSR count). The van der Waals surface area contributed by atoms with E-state index in [1.54, 1.807) is 24.3 Å². The SMILES string of the molecule is CC(CC(=O)O)N1C(=O)c2ccc3c4c(ccc(c24)C1=O)C(=O)N(c1ccc(CCOC=O)cc1)C3=O. The monoisotopic (exact) mass is 500 g/mol. The van der Waals surface area contributed by atoms with Gasteiger partial charge in [-0.15, -0.1) is 0 Å². The van der Waals surface area contributed by atoms with Crippen LogP contribution in [0, 0.1) is 0 Å². The highest BCUT2D eigenvalue weighted by molar-refractivity contribution is 6.39. The highest BCUT2D eigenvalue weighted by Gasteiger charge is 2.41. The molecule has 0 aliphatic carbocycles. The molecule has 4 amide bonds. The molecule has 10 heteroatoms. The van der Waals surface area contributed by atoms with Gasteiger partial charge >= 0.3 is 5.97 Å². The van der Waals surface area contributed by atoms with E-state index in [1.807, 2.05) is 0 Å². The van der Waals surface area contributed by atoms with Crippen molar-refractivity contribution < 1.29 is 38.6 Å². The van der Waals surface area contributed by atoms with E-state index in [-0.39, 0.29) is 39.6 Å². The highest BCUT2D eigenvalue weighted by atomic mass is 16.5. The van der Waals surface area contributed by atoms with Gasteiger partial charge in [0.15, 0.2) is 0 Å². The maximum absolute atomic E-state index is 13.5. The number of hydrogen-bond acceptors (Lipinski definition) is 7. The van der Waals surface area contributed by atoms with Crippen molar-refractivity contribution in [2.45, 2.75) is 25.8 Å². The molecule has 1 N–H and O–H groups in total. The van der Waals surface area contributed by atoms with Crippen LogP contribution in [0.1, 0.15) is 60.3 Å². The molecule has 37 heavy (non-hydrogen) atoms. The number of ether oxygens (including phenoxy) is 1. The van der Waals surface area contributed by atoms with Gasteiger partial charge in [0.25, 0.3) is 30.1 Å². The van der Waals surface area contributed by atoms with Crippen molar-refractivity contribution in [3.05, 3.63) is 76.3 Å². The van der Waals surface area contributed by atoms with Gasteiger partial charge in [-0.25, -0.2) is 4.90 Å². The Bertz CT molecular complexity index is 1450. The number of carboxylic acids is 1. The Morgan fingerprint density at radius 1 is 0.838 bits per heavy atom. The molecule has 186 valence electrons. The molecule has 1 unspecified atom stereocenters. The predicted octanol–water partition coefficient (Wildman–Crippen LogP) is 2.82. The average molecular weight is 500 g/mol. The van der Waals surface area contributed by atoms with Crippen LogP contribution in [0.5, 0.6) is 0 Å². The first kappa shape index (κ1) is 23.9. The maximum atomic E-state index is 13.5. The molecule has 3 aromatic carbocycles. The zero-order valence-corrected chi connectivity index (χ0v) is 19.6. The molecule has 2 heterocycles. The Balaban J connectivity index is 1.56. The number of nitrogens with zero attached hydrogens (tertiary/aromatic N) is 2. The fraction of sp³-hybridized carbons (Fsp3) is 0.185. The van der Waals surface area contributed by atoms with Crippen LogP contribution in [0.15, 0.2) is 48.5 Å². The van der Waals surface area contributed by atoms with Crippen LogP contribution in [0.3, 0.4) is 0 Å². The first-order chi connectivity index (χ1) is 17.7. The summed E-state index contributed by atoms with van der Waals surface area (Å²) in [5.41, 5.74) is 1.79. The average Bonchev–Trinajstić information content (AvgIpc) is 2.86. The van der Waals surface area contributed by atoms with Crippen molar-refractivity contribution in [2.75, 3.05) is 11.5 Å². The fourth-order valence-corrected chi connectivity index (χ4v) is 4.91. The zero-order chi connectivity index (χ0) is 26.4. The molecule has 10 nitrogen and oxygen atoms in total. The molecule has 0 aromatic heterocycles. The lowest BCUT2D eigenvalue weighted by atomic mass is 9.85. The van der Waals surface area contributed by atoms with Gasteiger partial charge in [-0.1, -0.05) is 12.1 Å². The summed E-state index contributed by atoms with van der Waals surface area (Å²) in [6.45, 7) is 2.04. The minimum Gasteiger partial charge on any atom is -0.481 e. The molecule has 0 fully saturated rings. The minimum absolute atomic E-state index is 0.128. The van der Waals surface area contributed by atoms with Crippen LogP contribution >= 0.6 is 0 Å². The third-order valence-electron chi connectivity index (χ3n) is 6.61. The third kappa shape index (κ3) is 3.74. The molecule has 0 bridgehead atoms. The van der Waals surface area contributed by atoms with E-state index in [4.69, 9.17) is 9.84 Å². The third-order valence-corrected chi connectivity index (χ3v) is 6.61. The predicted molar refractivity (Wildman–Crippen MR) is 129 cm³/mol. The molecule has 0 spiro atoms. The zero-order valence-electron chi connectivity index (χ0n) is 19.6. The standard InChI is InChI=1S/C27H20N2O8/c1-14(12-21(31)32)28-24(33)17-6-8-19-23-20(9-7-18(22(17)23)25(28)34)27(36)29(26(19)35)16-4-2-15(3-5-16)10-11-37-13-30/h2-9,13-14H,10-12H2,1H3,(H,31,32). The largest absolute Gasteiger partial charge is 0.481 e. The van der Waals surface area contributed by atoms with Crippen LogP contribution in [0.25, 0.3) is 10.8 Å². The summed E-state index contributed by atoms with van der Waals surface area (Å²) in [7, 11) is 0. The molecule has 2 aliphatic heterocycles. The number of hydrogen-bond donors (Lipinski definition) is 1. The van der Waals surface area contributed by atoms with E-state index in [2.05, 4.69) is 0 Å². The van der Waals surface area contributed by atoms with Crippen LogP contribution < -0.4 is 4.90 Å². The van der Waals surface area contributed by atoms with Crippen molar-refractivity contribution in [3.8, 4) is 0 Å². The molecule has 0 radical (unpaired) electrons. The van der Waals surface area contributed by atoms with Gasteiger partial charge < -0.3 is 9.84 Å². The Kier molecular flexibility index (Phi) is 5.79. The number of aliphatic carboxylic acids is 1. The van der Waals surface area contributed by atoms with E-state index >= 15 is 0 Å². The highest BCUT2D eigenvalue weighted by Crippen LogP contribution is 2.39. The minimum atomic E-state index is -1.15. The summed E-state index contributed by atoms with van der Waals surface area (Å²) in [4.78, 5) is 76.9. The van der Waals surface area contributed by atoms with Gasteiger partial charge in [0, 0.05) is 45.5 Å². The summed E-state index contributed by atoms with van der Waals surface area (Å²) in [6, 6.07) is 11.6. The second-order valence-electron chi connectivity index (χ2n) is 8.83. The van der Waals surface area contributed by atoms with E-state index in [9.17, 15) is 28.8 Å². The number of amides is 4. The Morgan fingerprint density at radius 3 is 1.78 bits per heavy atom. The van der Waals surface area contributed by atoms with Gasteiger partial charge in [0.1, 0.15) is 0 Å². The van der Waals surface area contributed by atoms with Crippen molar-refractivity contribution in [3.63, 3.8) is 0 Å². The van der Waals surface area contributed by atoms with Gasteiger partial charge in [0.05, 0.1) is 18.7 Å². The topological polar surface area (TPSA) is 138 Å². The molecule has 2 aliphatic rings. The first-order valence-corrected chi connectivity index (χ1v) is 11.5. The van der Waals surface area contributed by atoms with Crippen molar-refractivity contribution in [2.24, 2.45) is 0 Å². The van der Waals surface area contributed by atoms with Crippen molar-refractivity contribution in [1.82, 2.24) is 4.90 Å². The van der Waals surface area contributed by atoms with E-state index in [0.717, 1.165) is 15.4 Å². The maximum Gasteiger partial charge on any atom is 0.305 e.